The van der Waals surface area contributed by atoms with Crippen LogP contribution in [0.15, 0.2) is 95.8 Å². The van der Waals surface area contributed by atoms with E-state index in [1.54, 1.807) is 24.3 Å². The molecule has 0 bridgehead atoms. The molecule has 4 nitrogen and oxygen atoms in total. The Morgan fingerprint density at radius 3 is 1.89 bits per heavy atom. The zero-order chi connectivity index (χ0) is 25.4. The van der Waals surface area contributed by atoms with Gasteiger partial charge >= 0.3 is 0 Å². The summed E-state index contributed by atoms with van der Waals surface area (Å²) in [4.78, 5) is 13.8. The van der Waals surface area contributed by atoms with Crippen molar-refractivity contribution in [3.05, 3.63) is 118 Å². The van der Waals surface area contributed by atoms with Crippen molar-refractivity contribution < 1.29 is 10.2 Å². The number of aromatic hydroxyl groups is 2. The van der Waals surface area contributed by atoms with Gasteiger partial charge in [-0.2, -0.15) is 0 Å². The molecule has 1 aliphatic rings. The van der Waals surface area contributed by atoms with E-state index in [4.69, 9.17) is 0 Å². The zero-order valence-corrected chi connectivity index (χ0v) is 20.8. The number of hydrogen-bond acceptors (Lipinski definition) is 3. The molecule has 0 saturated heterocycles. The molecule has 1 aromatic heterocycles. The summed E-state index contributed by atoms with van der Waals surface area (Å²) in [7, 11) is 0. The van der Waals surface area contributed by atoms with Crippen molar-refractivity contribution >= 4 is 21.8 Å². The highest BCUT2D eigenvalue weighted by molar-refractivity contribution is 5.94. The Morgan fingerprint density at radius 2 is 1.24 bits per heavy atom. The van der Waals surface area contributed by atoms with E-state index in [1.165, 1.54) is 32.1 Å². The van der Waals surface area contributed by atoms with E-state index in [0.717, 1.165) is 45.0 Å². The average Bonchev–Trinajstić information content (AvgIpc) is 2.94. The number of benzene rings is 4. The molecule has 1 saturated carbocycles. The van der Waals surface area contributed by atoms with Crippen LogP contribution < -0.4 is 5.43 Å². The zero-order valence-electron chi connectivity index (χ0n) is 20.8. The third kappa shape index (κ3) is 4.48. The molecular weight excluding hydrogens is 458 g/mol. The number of fused-ring (bicyclic) bond motifs is 2. The third-order valence-electron chi connectivity index (χ3n) is 7.95. The number of pyridine rings is 1. The number of rotatable bonds is 5. The number of hydrogen-bond donors (Lipinski definition) is 2. The van der Waals surface area contributed by atoms with Gasteiger partial charge in [0.05, 0.1) is 11.0 Å². The molecular formula is C33H31NO3. The third-order valence-corrected chi connectivity index (χ3v) is 7.95. The van der Waals surface area contributed by atoms with Gasteiger partial charge in [-0.25, -0.2) is 0 Å². The second-order valence-corrected chi connectivity index (χ2v) is 10.4. The van der Waals surface area contributed by atoms with Gasteiger partial charge in [0.1, 0.15) is 11.5 Å². The fourth-order valence-corrected chi connectivity index (χ4v) is 6.06. The van der Waals surface area contributed by atoms with Crippen molar-refractivity contribution in [3.63, 3.8) is 0 Å². The van der Waals surface area contributed by atoms with Crippen molar-refractivity contribution in [2.24, 2.45) is 5.92 Å². The van der Waals surface area contributed by atoms with Crippen molar-refractivity contribution in [1.82, 2.24) is 4.57 Å². The van der Waals surface area contributed by atoms with Crippen LogP contribution in [0.25, 0.3) is 21.8 Å². The van der Waals surface area contributed by atoms with E-state index in [0.29, 0.717) is 5.92 Å². The molecule has 0 spiro atoms. The van der Waals surface area contributed by atoms with Gasteiger partial charge in [0, 0.05) is 23.2 Å². The monoisotopic (exact) mass is 489 g/mol. The quantitative estimate of drug-likeness (QED) is 0.201. The first-order valence-electron chi connectivity index (χ1n) is 13.2. The minimum absolute atomic E-state index is 0.0579. The summed E-state index contributed by atoms with van der Waals surface area (Å²) in [6.45, 7) is 0.927. The maximum Gasteiger partial charge on any atom is 0.197 e. The van der Waals surface area contributed by atoms with Gasteiger partial charge in [-0.3, -0.25) is 4.79 Å². The van der Waals surface area contributed by atoms with Crippen molar-refractivity contribution in [2.75, 3.05) is 0 Å². The van der Waals surface area contributed by atoms with Gasteiger partial charge in [0.25, 0.3) is 0 Å². The highest BCUT2D eigenvalue weighted by Gasteiger charge is 2.21. The molecule has 4 heteroatoms. The number of para-hydroxylation sites is 1. The molecule has 0 aliphatic heterocycles. The van der Waals surface area contributed by atoms with Crippen LogP contribution in [-0.2, 0) is 6.54 Å². The van der Waals surface area contributed by atoms with Crippen molar-refractivity contribution in [1.29, 1.82) is 0 Å². The van der Waals surface area contributed by atoms with E-state index in [9.17, 15) is 15.0 Å². The van der Waals surface area contributed by atoms with Gasteiger partial charge in [-0.05, 0) is 84.0 Å². The summed E-state index contributed by atoms with van der Waals surface area (Å²) < 4.78 is 2.36. The second-order valence-electron chi connectivity index (χ2n) is 10.4. The number of phenols is 2. The lowest BCUT2D eigenvalue weighted by atomic mass is 9.84. The van der Waals surface area contributed by atoms with Gasteiger partial charge in [-0.1, -0.05) is 61.7 Å². The van der Waals surface area contributed by atoms with Crippen LogP contribution in [0.1, 0.15) is 54.7 Å². The van der Waals surface area contributed by atoms with E-state index in [1.807, 2.05) is 48.5 Å². The highest BCUT2D eigenvalue weighted by atomic mass is 16.3. The molecule has 0 atom stereocenters. The van der Waals surface area contributed by atoms with E-state index in [2.05, 4.69) is 22.8 Å². The Balaban J connectivity index is 1.55. The number of nitrogens with zero attached hydrogens (tertiary/aromatic N) is 1. The maximum absolute atomic E-state index is 13.8. The van der Waals surface area contributed by atoms with E-state index < -0.39 is 0 Å². The fourth-order valence-electron chi connectivity index (χ4n) is 6.06. The summed E-state index contributed by atoms with van der Waals surface area (Å²) >= 11 is 0. The topological polar surface area (TPSA) is 62.5 Å². The predicted molar refractivity (Wildman–Crippen MR) is 149 cm³/mol. The molecule has 4 aromatic carbocycles. The van der Waals surface area contributed by atoms with Gasteiger partial charge < -0.3 is 14.8 Å². The van der Waals surface area contributed by atoms with Gasteiger partial charge in [0.15, 0.2) is 5.43 Å². The Kier molecular flexibility index (Phi) is 6.17. The Morgan fingerprint density at radius 1 is 0.676 bits per heavy atom. The van der Waals surface area contributed by atoms with E-state index >= 15 is 0 Å². The SMILES string of the molecule is O=c1c2ccccc2n(CC2CCCCC2)c2ccc(C(c3ccc(O)cc3)c3ccc(O)cc3)cc12. The molecule has 0 amide bonds. The maximum atomic E-state index is 13.8. The lowest BCUT2D eigenvalue weighted by Crippen LogP contribution is -2.18. The number of phenolic OH excluding ortho intramolecular Hbond substituents is 2. The minimum Gasteiger partial charge on any atom is -0.508 e. The molecule has 6 rings (SSSR count). The summed E-state index contributed by atoms with van der Waals surface area (Å²) in [5.41, 5.74) is 5.06. The fraction of sp³-hybridized carbons (Fsp3) is 0.242. The number of aromatic nitrogens is 1. The molecule has 1 aliphatic carbocycles. The minimum atomic E-state index is -0.150. The molecule has 0 radical (unpaired) electrons. The summed E-state index contributed by atoms with van der Waals surface area (Å²) in [6.07, 6.45) is 6.37. The normalized spacial score (nSPS) is 14.5. The molecule has 1 heterocycles. The molecule has 37 heavy (non-hydrogen) atoms. The molecule has 5 aromatic rings. The smallest absolute Gasteiger partial charge is 0.197 e. The lowest BCUT2D eigenvalue weighted by molar-refractivity contribution is 0.325. The summed E-state index contributed by atoms with van der Waals surface area (Å²) in [5, 5.41) is 21.3. The molecule has 0 unspecified atom stereocenters. The van der Waals surface area contributed by atoms with Crippen LogP contribution in [0.5, 0.6) is 11.5 Å². The molecule has 1 fully saturated rings. The first-order chi connectivity index (χ1) is 18.1. The van der Waals surface area contributed by atoms with Crippen LogP contribution >= 0.6 is 0 Å². The van der Waals surface area contributed by atoms with Gasteiger partial charge in [0.2, 0.25) is 0 Å². The highest BCUT2D eigenvalue weighted by Crippen LogP contribution is 2.35. The van der Waals surface area contributed by atoms with Crippen LogP contribution in [0, 0.1) is 5.92 Å². The largest absolute Gasteiger partial charge is 0.508 e. The van der Waals surface area contributed by atoms with E-state index in [-0.39, 0.29) is 22.8 Å². The summed E-state index contributed by atoms with van der Waals surface area (Å²) in [5.74, 6) is 0.903. The molecule has 186 valence electrons. The lowest BCUT2D eigenvalue weighted by Gasteiger charge is -2.25. The first kappa shape index (κ1) is 23.4. The Hall–Kier alpha value is -4.05. The Bertz CT molecular complexity index is 1570. The molecule has 2 N–H and O–H groups in total. The van der Waals surface area contributed by atoms with Crippen LogP contribution in [0.3, 0.4) is 0 Å². The van der Waals surface area contributed by atoms with Crippen LogP contribution in [-0.4, -0.2) is 14.8 Å². The second kappa shape index (κ2) is 9.78. The average molecular weight is 490 g/mol. The Labute approximate surface area is 216 Å². The van der Waals surface area contributed by atoms with Crippen molar-refractivity contribution in [2.45, 2.75) is 44.6 Å². The first-order valence-corrected chi connectivity index (χ1v) is 13.2. The van der Waals surface area contributed by atoms with Crippen LogP contribution in [0.4, 0.5) is 0 Å². The van der Waals surface area contributed by atoms with Crippen molar-refractivity contribution in [3.8, 4) is 11.5 Å². The standard InChI is InChI=1S/C33H31NO3/c35-26-15-10-23(11-16-26)32(24-12-17-27(36)18-13-24)25-14-19-31-29(20-25)33(37)28-8-4-5-9-30(28)34(31)21-22-6-2-1-3-7-22/h4-5,8-20,22,32,35-36H,1-3,6-7,21H2. The summed E-state index contributed by atoms with van der Waals surface area (Å²) in [6, 6.07) is 28.7. The van der Waals surface area contributed by atoms with Gasteiger partial charge in [-0.15, -0.1) is 0 Å². The van der Waals surface area contributed by atoms with Crippen LogP contribution in [0.2, 0.25) is 0 Å². The predicted octanol–water partition coefficient (Wildman–Crippen LogP) is 7.33.